The second-order valence-electron chi connectivity index (χ2n) is 6.19. The molecule has 0 bridgehead atoms. The monoisotopic (exact) mass is 320 g/mol. The molecule has 6 heteroatoms. The van der Waals surface area contributed by atoms with E-state index < -0.39 is 6.10 Å². The van der Waals surface area contributed by atoms with E-state index in [1.165, 1.54) is 0 Å². The second kappa shape index (κ2) is 7.46. The predicted octanol–water partition coefficient (Wildman–Crippen LogP) is 2.26. The predicted molar refractivity (Wildman–Crippen MR) is 87.4 cm³/mol. The molecule has 2 rings (SSSR count). The van der Waals surface area contributed by atoms with E-state index in [0.717, 1.165) is 5.56 Å². The van der Waals surface area contributed by atoms with Crippen LogP contribution in [0, 0.1) is 5.92 Å². The van der Waals surface area contributed by atoms with E-state index >= 15 is 0 Å². The topological polar surface area (TPSA) is 76.7 Å². The van der Waals surface area contributed by atoms with Crippen LogP contribution < -0.4 is 15.4 Å². The van der Waals surface area contributed by atoms with Crippen molar-refractivity contribution in [1.29, 1.82) is 0 Å². The highest BCUT2D eigenvalue weighted by Crippen LogP contribution is 2.30. The van der Waals surface area contributed by atoms with Gasteiger partial charge in [-0.1, -0.05) is 19.9 Å². The van der Waals surface area contributed by atoms with Gasteiger partial charge in [0, 0.05) is 6.61 Å². The van der Waals surface area contributed by atoms with Crippen LogP contribution in [0.5, 0.6) is 5.75 Å². The Kier molecular flexibility index (Phi) is 5.60. The van der Waals surface area contributed by atoms with E-state index in [-0.39, 0.29) is 24.5 Å². The van der Waals surface area contributed by atoms with Gasteiger partial charge >= 0.3 is 0 Å². The molecule has 0 spiro atoms. The first kappa shape index (κ1) is 17.3. The number of fused-ring (bicyclic) bond motifs is 1. The molecule has 23 heavy (non-hydrogen) atoms. The summed E-state index contributed by atoms with van der Waals surface area (Å²) in [5.41, 5.74) is 1.52. The number of nitrogens with one attached hydrogen (secondary N) is 2. The molecule has 0 radical (unpaired) electrons. The second-order valence-corrected chi connectivity index (χ2v) is 6.19. The fourth-order valence-corrected chi connectivity index (χ4v) is 2.20. The molecule has 2 amide bonds. The third-order valence-corrected chi connectivity index (χ3v) is 3.54. The normalized spacial score (nSPS) is 16.1. The van der Waals surface area contributed by atoms with Gasteiger partial charge in [0.05, 0.1) is 11.7 Å². The first-order valence-electron chi connectivity index (χ1n) is 7.85. The van der Waals surface area contributed by atoms with Crippen molar-refractivity contribution in [3.8, 4) is 5.75 Å². The number of carbonyl (C=O) groups excluding carboxylic acids is 2. The molecule has 0 aliphatic carbocycles. The third kappa shape index (κ3) is 4.69. The summed E-state index contributed by atoms with van der Waals surface area (Å²) in [5, 5.41) is 5.68. The lowest BCUT2D eigenvalue weighted by Gasteiger charge is -2.22. The van der Waals surface area contributed by atoms with Crippen LogP contribution in [0.1, 0.15) is 39.3 Å². The van der Waals surface area contributed by atoms with E-state index in [2.05, 4.69) is 10.6 Å². The van der Waals surface area contributed by atoms with Crippen LogP contribution in [0.25, 0.3) is 0 Å². The largest absolute Gasteiger partial charge is 0.482 e. The number of ether oxygens (including phenoxy) is 2. The summed E-state index contributed by atoms with van der Waals surface area (Å²) in [5.74, 6) is 0.686. The summed E-state index contributed by atoms with van der Waals surface area (Å²) in [4.78, 5) is 23.5. The van der Waals surface area contributed by atoms with Gasteiger partial charge in [-0.15, -0.1) is 0 Å². The maximum atomic E-state index is 12.1. The zero-order valence-corrected chi connectivity index (χ0v) is 14.0. The number of carbonyl (C=O) groups is 2. The van der Waals surface area contributed by atoms with E-state index in [0.29, 0.717) is 24.0 Å². The molecule has 2 atom stereocenters. The Hall–Kier alpha value is -2.08. The van der Waals surface area contributed by atoms with Gasteiger partial charge in [-0.2, -0.15) is 0 Å². The van der Waals surface area contributed by atoms with Gasteiger partial charge < -0.3 is 20.1 Å². The molecule has 126 valence electrons. The number of amides is 2. The van der Waals surface area contributed by atoms with Crippen molar-refractivity contribution in [2.75, 3.05) is 18.5 Å². The maximum Gasteiger partial charge on any atom is 0.262 e. The van der Waals surface area contributed by atoms with Gasteiger partial charge in [-0.05, 0) is 37.5 Å². The fraction of sp³-hybridized carbons (Fsp3) is 0.529. The molecule has 0 saturated heterocycles. The molecule has 1 aromatic carbocycles. The lowest BCUT2D eigenvalue weighted by Crippen LogP contribution is -2.36. The molecule has 1 aliphatic heterocycles. The van der Waals surface area contributed by atoms with Crippen molar-refractivity contribution in [2.24, 2.45) is 5.92 Å². The first-order chi connectivity index (χ1) is 10.9. The highest BCUT2D eigenvalue weighted by Gasteiger charge is 2.20. The first-order valence-corrected chi connectivity index (χ1v) is 7.85. The third-order valence-electron chi connectivity index (χ3n) is 3.54. The van der Waals surface area contributed by atoms with E-state index in [4.69, 9.17) is 9.47 Å². The van der Waals surface area contributed by atoms with Gasteiger partial charge in [0.2, 0.25) is 5.91 Å². The van der Waals surface area contributed by atoms with Gasteiger partial charge in [-0.25, -0.2) is 0 Å². The highest BCUT2D eigenvalue weighted by molar-refractivity contribution is 5.95. The quantitative estimate of drug-likeness (QED) is 0.843. The molecule has 0 fully saturated rings. The molecule has 0 aromatic heterocycles. The van der Waals surface area contributed by atoms with E-state index in [1.54, 1.807) is 13.0 Å². The standard InChI is InChI=1S/C17H24N2O4/c1-10(2)8-22-12(4)17(21)18-11(3)13-5-6-15-14(7-13)19-16(20)9-23-15/h5-7,10-12H,8-9H2,1-4H3,(H,18,21)(H,19,20)/t11-,12+/m0/s1. The minimum Gasteiger partial charge on any atom is -0.482 e. The Morgan fingerprint density at radius 1 is 1.35 bits per heavy atom. The van der Waals surface area contributed by atoms with Crippen molar-refractivity contribution in [3.05, 3.63) is 23.8 Å². The summed E-state index contributed by atoms with van der Waals surface area (Å²) < 4.78 is 10.8. The molecule has 0 unspecified atom stereocenters. The zero-order valence-electron chi connectivity index (χ0n) is 14.0. The van der Waals surface area contributed by atoms with Crippen LogP contribution >= 0.6 is 0 Å². The van der Waals surface area contributed by atoms with Crippen LogP contribution in [0.3, 0.4) is 0 Å². The Morgan fingerprint density at radius 2 is 2.09 bits per heavy atom. The molecule has 0 saturated carbocycles. The van der Waals surface area contributed by atoms with E-state index in [1.807, 2.05) is 32.9 Å². The highest BCUT2D eigenvalue weighted by atomic mass is 16.5. The fourth-order valence-electron chi connectivity index (χ4n) is 2.20. The van der Waals surface area contributed by atoms with Gasteiger partial charge in [0.15, 0.2) is 6.61 Å². The molecule has 1 heterocycles. The Balaban J connectivity index is 1.97. The van der Waals surface area contributed by atoms with Crippen molar-refractivity contribution in [1.82, 2.24) is 5.32 Å². The average Bonchev–Trinajstić information content (AvgIpc) is 2.51. The Labute approximate surface area is 136 Å². The minimum atomic E-state index is -0.500. The average molecular weight is 320 g/mol. The summed E-state index contributed by atoms with van der Waals surface area (Å²) in [7, 11) is 0. The van der Waals surface area contributed by atoms with Gasteiger partial charge in [0.25, 0.3) is 5.91 Å². The molecule has 2 N–H and O–H groups in total. The summed E-state index contributed by atoms with van der Waals surface area (Å²) in [6, 6.07) is 5.29. The van der Waals surface area contributed by atoms with Crippen LogP contribution in [-0.2, 0) is 14.3 Å². The van der Waals surface area contributed by atoms with Gasteiger partial charge in [0.1, 0.15) is 11.9 Å². The Bertz CT molecular complexity index is 586. The molecule has 1 aliphatic rings. The lowest BCUT2D eigenvalue weighted by atomic mass is 10.1. The Morgan fingerprint density at radius 3 is 2.78 bits per heavy atom. The lowest BCUT2D eigenvalue weighted by molar-refractivity contribution is -0.133. The van der Waals surface area contributed by atoms with Crippen LogP contribution in [0.2, 0.25) is 0 Å². The van der Waals surface area contributed by atoms with E-state index in [9.17, 15) is 9.59 Å². The maximum absolute atomic E-state index is 12.1. The number of hydrogen-bond acceptors (Lipinski definition) is 4. The molecule has 6 nitrogen and oxygen atoms in total. The minimum absolute atomic E-state index is 0.0311. The van der Waals surface area contributed by atoms with Crippen LogP contribution in [0.15, 0.2) is 18.2 Å². The smallest absolute Gasteiger partial charge is 0.262 e. The number of anilines is 1. The van der Waals surface area contributed by atoms with Gasteiger partial charge in [-0.3, -0.25) is 9.59 Å². The molecule has 1 aromatic rings. The SMILES string of the molecule is CC(C)CO[C@H](C)C(=O)N[C@@H](C)c1ccc2c(c1)NC(=O)CO2. The number of rotatable bonds is 6. The summed E-state index contributed by atoms with van der Waals surface area (Å²) in [6.45, 7) is 8.29. The summed E-state index contributed by atoms with van der Waals surface area (Å²) >= 11 is 0. The van der Waals surface area contributed by atoms with Crippen LogP contribution in [-0.4, -0.2) is 31.1 Å². The van der Waals surface area contributed by atoms with Crippen LogP contribution in [0.4, 0.5) is 5.69 Å². The summed E-state index contributed by atoms with van der Waals surface area (Å²) in [6.07, 6.45) is -0.500. The number of benzene rings is 1. The van der Waals surface area contributed by atoms with Crippen molar-refractivity contribution >= 4 is 17.5 Å². The van der Waals surface area contributed by atoms with Crippen molar-refractivity contribution in [3.63, 3.8) is 0 Å². The molecular weight excluding hydrogens is 296 g/mol. The van der Waals surface area contributed by atoms with Crippen molar-refractivity contribution in [2.45, 2.75) is 39.8 Å². The van der Waals surface area contributed by atoms with Crippen molar-refractivity contribution < 1.29 is 19.1 Å². The number of hydrogen-bond donors (Lipinski definition) is 2. The zero-order chi connectivity index (χ0) is 17.0. The molecular formula is C17H24N2O4.